The molecule has 1 saturated heterocycles. The number of fused-ring (bicyclic) bond motifs is 1. The van der Waals surface area contributed by atoms with Gasteiger partial charge in [-0.1, -0.05) is 12.8 Å². The summed E-state index contributed by atoms with van der Waals surface area (Å²) in [7, 11) is 1.81. The summed E-state index contributed by atoms with van der Waals surface area (Å²) in [4.78, 5) is 2.69. The van der Waals surface area contributed by atoms with E-state index >= 15 is 0 Å². The van der Waals surface area contributed by atoms with Gasteiger partial charge in [0.15, 0.2) is 0 Å². The molecule has 3 heteroatoms. The lowest BCUT2D eigenvalue weighted by Gasteiger charge is -2.54. The Kier molecular flexibility index (Phi) is 4.68. The topological polar surface area (TPSA) is 38.5 Å². The van der Waals surface area contributed by atoms with Gasteiger partial charge in [0, 0.05) is 19.7 Å². The van der Waals surface area contributed by atoms with Gasteiger partial charge in [0.2, 0.25) is 0 Å². The molecule has 106 valence electrons. The van der Waals surface area contributed by atoms with E-state index in [1.54, 1.807) is 7.11 Å². The lowest BCUT2D eigenvalue weighted by atomic mass is 9.75. The molecule has 1 aliphatic heterocycles. The molecule has 0 aromatic carbocycles. The van der Waals surface area contributed by atoms with Gasteiger partial charge in [0.25, 0.3) is 0 Å². The van der Waals surface area contributed by atoms with Crippen molar-refractivity contribution in [3.05, 3.63) is 0 Å². The molecule has 0 bridgehead atoms. The van der Waals surface area contributed by atoms with E-state index in [0.29, 0.717) is 6.54 Å². The zero-order chi connectivity index (χ0) is 13.2. The van der Waals surface area contributed by atoms with Gasteiger partial charge in [-0.2, -0.15) is 0 Å². The predicted molar refractivity (Wildman–Crippen MR) is 75.6 cm³/mol. The van der Waals surface area contributed by atoms with Gasteiger partial charge in [-0.3, -0.25) is 4.90 Å². The molecule has 0 spiro atoms. The second kappa shape index (κ2) is 5.89. The third-order valence-corrected chi connectivity index (χ3v) is 5.54. The van der Waals surface area contributed by atoms with Crippen LogP contribution in [-0.2, 0) is 4.74 Å². The van der Waals surface area contributed by atoms with Crippen molar-refractivity contribution in [3.8, 4) is 0 Å². The number of methoxy groups -OCH3 is 1. The van der Waals surface area contributed by atoms with Crippen molar-refractivity contribution in [2.45, 2.75) is 70.1 Å². The molecule has 2 fully saturated rings. The second-order valence-electron chi connectivity index (χ2n) is 6.39. The summed E-state index contributed by atoms with van der Waals surface area (Å²) in [6.45, 7) is 6.34. The van der Waals surface area contributed by atoms with Crippen LogP contribution in [0.4, 0.5) is 0 Å². The Morgan fingerprint density at radius 3 is 2.61 bits per heavy atom. The van der Waals surface area contributed by atoms with Crippen LogP contribution in [0.25, 0.3) is 0 Å². The van der Waals surface area contributed by atoms with Crippen LogP contribution in [0.15, 0.2) is 0 Å². The fourth-order valence-electron chi connectivity index (χ4n) is 4.03. The zero-order valence-corrected chi connectivity index (χ0v) is 12.3. The molecule has 2 N–H and O–H groups in total. The van der Waals surface area contributed by atoms with E-state index in [9.17, 15) is 0 Å². The highest BCUT2D eigenvalue weighted by molar-refractivity contribution is 5.00. The van der Waals surface area contributed by atoms with Crippen molar-refractivity contribution in [1.29, 1.82) is 0 Å². The van der Waals surface area contributed by atoms with E-state index in [1.807, 2.05) is 0 Å². The Hall–Kier alpha value is -0.120. The van der Waals surface area contributed by atoms with Crippen molar-refractivity contribution in [1.82, 2.24) is 4.90 Å². The fraction of sp³-hybridized carbons (Fsp3) is 1.00. The summed E-state index contributed by atoms with van der Waals surface area (Å²) in [5, 5.41) is 0. The molecule has 1 saturated carbocycles. The van der Waals surface area contributed by atoms with E-state index < -0.39 is 0 Å². The number of likely N-dealkylation sites (tertiary alicyclic amines) is 1. The number of rotatable bonds is 4. The molecule has 0 aromatic heterocycles. The predicted octanol–water partition coefficient (Wildman–Crippen LogP) is 2.39. The lowest BCUT2D eigenvalue weighted by molar-refractivity contribution is -0.0845. The highest BCUT2D eigenvalue weighted by atomic mass is 16.5. The van der Waals surface area contributed by atoms with Crippen LogP contribution in [0.2, 0.25) is 0 Å². The molecule has 2 aliphatic rings. The van der Waals surface area contributed by atoms with Gasteiger partial charge in [0.1, 0.15) is 0 Å². The van der Waals surface area contributed by atoms with E-state index in [2.05, 4.69) is 18.7 Å². The molecule has 0 radical (unpaired) electrons. The maximum absolute atomic E-state index is 6.11. The van der Waals surface area contributed by atoms with Crippen molar-refractivity contribution < 1.29 is 4.74 Å². The van der Waals surface area contributed by atoms with E-state index in [1.165, 1.54) is 45.1 Å². The summed E-state index contributed by atoms with van der Waals surface area (Å²) in [5.41, 5.74) is 6.11. The fourth-order valence-corrected chi connectivity index (χ4v) is 4.03. The normalized spacial score (nSPS) is 34.7. The number of hydrogen-bond acceptors (Lipinski definition) is 3. The summed E-state index contributed by atoms with van der Waals surface area (Å²) in [5.74, 6) is 0.905. The van der Waals surface area contributed by atoms with Gasteiger partial charge < -0.3 is 10.5 Å². The molecule has 2 unspecified atom stereocenters. The van der Waals surface area contributed by atoms with Gasteiger partial charge in [-0.05, 0) is 52.0 Å². The lowest BCUT2D eigenvalue weighted by Crippen LogP contribution is -2.65. The van der Waals surface area contributed by atoms with E-state index in [-0.39, 0.29) is 11.6 Å². The SMILES string of the molecule is COC(C)C(C)(CN)N1CCC[C@H]2CCCC[C@H]21. The molecule has 18 heavy (non-hydrogen) atoms. The van der Waals surface area contributed by atoms with E-state index in [0.717, 1.165) is 12.0 Å². The number of hydrogen-bond donors (Lipinski definition) is 1. The maximum Gasteiger partial charge on any atom is 0.0736 e. The summed E-state index contributed by atoms with van der Waals surface area (Å²) in [6.07, 6.45) is 8.53. The number of ether oxygens (including phenoxy) is 1. The first-order chi connectivity index (χ1) is 8.63. The quantitative estimate of drug-likeness (QED) is 0.837. The average Bonchev–Trinajstić information content (AvgIpc) is 2.45. The van der Waals surface area contributed by atoms with Crippen molar-refractivity contribution in [3.63, 3.8) is 0 Å². The standard InChI is InChI=1S/C15H30N2O/c1-12(18-3)15(2,11-16)17-10-6-8-13-7-4-5-9-14(13)17/h12-14H,4-11,16H2,1-3H3/t12?,13-,14-,15?/m1/s1. The van der Waals surface area contributed by atoms with Crippen LogP contribution < -0.4 is 5.73 Å². The van der Waals surface area contributed by atoms with Crippen LogP contribution in [-0.4, -0.2) is 42.8 Å². The monoisotopic (exact) mass is 254 g/mol. The minimum Gasteiger partial charge on any atom is -0.380 e. The van der Waals surface area contributed by atoms with Crippen LogP contribution in [0.3, 0.4) is 0 Å². The first-order valence-corrected chi connectivity index (χ1v) is 7.63. The van der Waals surface area contributed by atoms with Gasteiger partial charge in [-0.25, -0.2) is 0 Å². The van der Waals surface area contributed by atoms with Gasteiger partial charge in [-0.15, -0.1) is 0 Å². The van der Waals surface area contributed by atoms with Gasteiger partial charge >= 0.3 is 0 Å². The molecular weight excluding hydrogens is 224 g/mol. The molecule has 4 atom stereocenters. The Morgan fingerprint density at radius 1 is 1.28 bits per heavy atom. The molecule has 1 heterocycles. The average molecular weight is 254 g/mol. The molecule has 2 rings (SSSR count). The van der Waals surface area contributed by atoms with Crippen LogP contribution in [0.1, 0.15) is 52.4 Å². The smallest absolute Gasteiger partial charge is 0.0736 e. The Morgan fingerprint density at radius 2 is 1.94 bits per heavy atom. The zero-order valence-electron chi connectivity index (χ0n) is 12.3. The minimum atomic E-state index is -0.00454. The summed E-state index contributed by atoms with van der Waals surface area (Å²) < 4.78 is 5.62. The number of piperidine rings is 1. The van der Waals surface area contributed by atoms with Crippen LogP contribution in [0, 0.1) is 5.92 Å². The first kappa shape index (κ1) is 14.3. The maximum atomic E-state index is 6.11. The number of nitrogens with zero attached hydrogens (tertiary/aromatic N) is 1. The third kappa shape index (κ3) is 2.45. The summed E-state index contributed by atoms with van der Waals surface area (Å²) >= 11 is 0. The molecule has 0 aromatic rings. The Bertz CT molecular complexity index is 269. The molecule has 1 aliphatic carbocycles. The van der Waals surface area contributed by atoms with Crippen molar-refractivity contribution in [2.75, 3.05) is 20.2 Å². The number of nitrogens with two attached hydrogens (primary N) is 1. The molecule has 3 nitrogen and oxygen atoms in total. The largest absolute Gasteiger partial charge is 0.380 e. The Labute approximate surface area is 112 Å². The van der Waals surface area contributed by atoms with E-state index in [4.69, 9.17) is 10.5 Å². The van der Waals surface area contributed by atoms with Crippen molar-refractivity contribution >= 4 is 0 Å². The van der Waals surface area contributed by atoms with Gasteiger partial charge in [0.05, 0.1) is 11.6 Å². The first-order valence-electron chi connectivity index (χ1n) is 7.63. The van der Waals surface area contributed by atoms with Crippen LogP contribution >= 0.6 is 0 Å². The highest BCUT2D eigenvalue weighted by Gasteiger charge is 2.44. The minimum absolute atomic E-state index is 0.00454. The molecular formula is C15H30N2O. The Balaban J connectivity index is 2.17. The highest BCUT2D eigenvalue weighted by Crippen LogP contribution is 2.39. The van der Waals surface area contributed by atoms with Crippen molar-refractivity contribution in [2.24, 2.45) is 11.7 Å². The second-order valence-corrected chi connectivity index (χ2v) is 6.39. The summed E-state index contributed by atoms with van der Waals surface area (Å²) in [6, 6.07) is 0.749. The van der Waals surface area contributed by atoms with Crippen LogP contribution in [0.5, 0.6) is 0 Å². The molecule has 0 amide bonds. The third-order valence-electron chi connectivity index (χ3n) is 5.54.